The number of allylic oxidation sites excluding steroid dienone is 1. The predicted octanol–water partition coefficient (Wildman–Crippen LogP) is 8.93. The molecule has 0 spiro atoms. The number of hydrogen-bond donors (Lipinski definition) is 0. The molecule has 0 saturated carbocycles. The largest absolute Gasteiger partial charge is 0.289 e. The minimum absolute atomic E-state index is 0.0272. The molecule has 0 unspecified atom stereocenters. The third-order valence-electron chi connectivity index (χ3n) is 4.12. The van der Waals surface area contributed by atoms with Gasteiger partial charge in [-0.1, -0.05) is 50.8 Å². The Morgan fingerprint density at radius 2 is 1.63 bits per heavy atom. The number of hydrogen-bond acceptors (Lipinski definition) is 2. The van der Waals surface area contributed by atoms with Crippen molar-refractivity contribution in [2.24, 2.45) is 0 Å². The zero-order chi connectivity index (χ0) is 19.6. The lowest BCUT2D eigenvalue weighted by atomic mass is 10.1. The fraction of sp³-hybridized carbons (Fsp3) is 0.318. The van der Waals surface area contributed by atoms with Crippen LogP contribution in [0, 0.1) is 0 Å². The van der Waals surface area contributed by atoms with Crippen molar-refractivity contribution in [2.45, 2.75) is 43.9 Å². The summed E-state index contributed by atoms with van der Waals surface area (Å²) in [5.41, 5.74) is 1.67. The summed E-state index contributed by atoms with van der Waals surface area (Å²) in [5.74, 6) is 1.14. The Bertz CT molecular complexity index is 785. The lowest BCUT2D eigenvalue weighted by Crippen LogP contribution is -1.96. The van der Waals surface area contributed by atoms with Gasteiger partial charge in [-0.15, -0.1) is 11.8 Å². The number of ketones is 1. The molecule has 144 valence electrons. The van der Waals surface area contributed by atoms with Crippen LogP contribution in [0.4, 0.5) is 0 Å². The summed E-state index contributed by atoms with van der Waals surface area (Å²) in [4.78, 5) is 13.7. The van der Waals surface area contributed by atoms with Crippen molar-refractivity contribution in [3.8, 4) is 0 Å². The second-order valence-electron chi connectivity index (χ2n) is 6.25. The molecule has 0 fully saturated rings. The van der Waals surface area contributed by atoms with Crippen molar-refractivity contribution >= 4 is 71.4 Å². The first kappa shape index (κ1) is 22.9. The van der Waals surface area contributed by atoms with E-state index in [-0.39, 0.29) is 5.78 Å². The molecule has 0 amide bonds. The molecule has 2 aromatic rings. The first-order valence-corrected chi connectivity index (χ1v) is 12.5. The van der Waals surface area contributed by atoms with E-state index in [1.807, 2.05) is 30.0 Å². The highest BCUT2D eigenvalue weighted by Crippen LogP contribution is 2.34. The molecule has 2 aromatic carbocycles. The minimum atomic E-state index is -0.0272. The van der Waals surface area contributed by atoms with E-state index >= 15 is 0 Å². The Hall–Kier alpha value is -0.360. The van der Waals surface area contributed by atoms with Crippen molar-refractivity contribution in [2.75, 3.05) is 5.75 Å². The maximum atomic E-state index is 12.5. The van der Waals surface area contributed by atoms with Gasteiger partial charge >= 0.3 is 0 Å². The summed E-state index contributed by atoms with van der Waals surface area (Å²) in [6.45, 7) is 2.25. The van der Waals surface area contributed by atoms with Crippen molar-refractivity contribution in [1.29, 1.82) is 0 Å². The van der Waals surface area contributed by atoms with Crippen LogP contribution in [0.15, 0.2) is 60.8 Å². The number of benzene rings is 2. The second kappa shape index (κ2) is 12.3. The second-order valence-corrected chi connectivity index (χ2v) is 9.86. The van der Waals surface area contributed by atoms with Crippen LogP contribution in [-0.2, 0) is 0 Å². The average Bonchev–Trinajstić information content (AvgIpc) is 2.68. The zero-order valence-corrected chi connectivity index (χ0v) is 20.9. The molecular weight excluding hydrogens is 552 g/mol. The first-order valence-electron chi connectivity index (χ1n) is 9.11. The quantitative estimate of drug-likeness (QED) is 0.0926. The Morgan fingerprint density at radius 1 is 0.926 bits per heavy atom. The Kier molecular flexibility index (Phi) is 10.4. The van der Waals surface area contributed by atoms with E-state index in [4.69, 9.17) is 0 Å². The summed E-state index contributed by atoms with van der Waals surface area (Å²) >= 11 is 12.3. The van der Waals surface area contributed by atoms with E-state index in [1.165, 1.54) is 42.8 Å². The molecule has 0 atom stereocenters. The van der Waals surface area contributed by atoms with Crippen LogP contribution in [0.5, 0.6) is 0 Å². The van der Waals surface area contributed by atoms with E-state index in [0.29, 0.717) is 5.56 Å². The topological polar surface area (TPSA) is 17.1 Å². The van der Waals surface area contributed by atoms with Gasteiger partial charge in [0.05, 0.1) is 0 Å². The number of unbranched alkanes of at least 4 members (excludes halogenated alkanes) is 4. The fourth-order valence-corrected chi connectivity index (χ4v) is 4.94. The highest BCUT2D eigenvalue weighted by atomic mass is 79.9. The lowest BCUT2D eigenvalue weighted by molar-refractivity contribution is 0.104. The Labute approximate surface area is 191 Å². The van der Waals surface area contributed by atoms with Gasteiger partial charge in [0.1, 0.15) is 0 Å². The number of halogens is 3. The van der Waals surface area contributed by atoms with Crippen LogP contribution >= 0.6 is 59.6 Å². The maximum absolute atomic E-state index is 12.5. The van der Waals surface area contributed by atoms with Crippen LogP contribution in [-0.4, -0.2) is 11.5 Å². The van der Waals surface area contributed by atoms with E-state index in [9.17, 15) is 4.79 Å². The van der Waals surface area contributed by atoms with Crippen LogP contribution in [0.2, 0.25) is 0 Å². The summed E-state index contributed by atoms with van der Waals surface area (Å²) in [6, 6.07) is 12.1. The van der Waals surface area contributed by atoms with Crippen molar-refractivity contribution in [3.63, 3.8) is 0 Å². The van der Waals surface area contributed by atoms with Crippen LogP contribution in [0.1, 0.15) is 54.9 Å². The highest BCUT2D eigenvalue weighted by molar-refractivity contribution is 9.14. The average molecular weight is 575 g/mol. The molecule has 0 aliphatic rings. The predicted molar refractivity (Wildman–Crippen MR) is 129 cm³/mol. The number of carbonyl (C=O) groups excluding carboxylic acids is 1. The molecule has 27 heavy (non-hydrogen) atoms. The number of rotatable bonds is 10. The molecule has 0 aliphatic carbocycles. The first-order chi connectivity index (χ1) is 13.0. The zero-order valence-electron chi connectivity index (χ0n) is 15.3. The molecule has 0 saturated heterocycles. The van der Waals surface area contributed by atoms with E-state index < -0.39 is 0 Å². The molecule has 0 heterocycles. The maximum Gasteiger partial charge on any atom is 0.187 e. The molecular formula is C22H23Br3OS. The summed E-state index contributed by atoms with van der Waals surface area (Å²) in [5, 5.41) is 0. The van der Waals surface area contributed by atoms with Crippen molar-refractivity contribution in [1.82, 2.24) is 0 Å². The SMILES string of the molecule is CCCCCCCSc1ccc(/C=C/C(=O)c2ccc(Br)c(Br)c2Br)cc1. The van der Waals surface area contributed by atoms with Gasteiger partial charge in [-0.2, -0.15) is 0 Å². The van der Waals surface area contributed by atoms with Crippen LogP contribution in [0.25, 0.3) is 6.08 Å². The third-order valence-corrected chi connectivity index (χ3v) is 8.60. The summed E-state index contributed by atoms with van der Waals surface area (Å²) < 4.78 is 2.52. The molecule has 0 N–H and O–H groups in total. The van der Waals surface area contributed by atoms with Gasteiger partial charge in [-0.3, -0.25) is 4.79 Å². The molecule has 0 aliphatic heterocycles. The normalized spacial score (nSPS) is 11.3. The van der Waals surface area contributed by atoms with Crippen LogP contribution < -0.4 is 0 Å². The highest BCUT2D eigenvalue weighted by Gasteiger charge is 2.12. The smallest absolute Gasteiger partial charge is 0.187 e. The number of carbonyl (C=O) groups is 1. The van der Waals surface area contributed by atoms with E-state index in [0.717, 1.165) is 19.0 Å². The van der Waals surface area contributed by atoms with Gasteiger partial charge in [0, 0.05) is 23.9 Å². The van der Waals surface area contributed by atoms with Gasteiger partial charge in [0.25, 0.3) is 0 Å². The van der Waals surface area contributed by atoms with Gasteiger partial charge in [0.2, 0.25) is 0 Å². The monoisotopic (exact) mass is 572 g/mol. The number of thioether (sulfide) groups is 1. The molecule has 0 radical (unpaired) electrons. The third kappa shape index (κ3) is 7.52. The molecule has 5 heteroatoms. The fourth-order valence-electron chi connectivity index (χ4n) is 2.55. The summed E-state index contributed by atoms with van der Waals surface area (Å²) in [6.07, 6.45) is 10.1. The lowest BCUT2D eigenvalue weighted by Gasteiger charge is -2.05. The van der Waals surface area contributed by atoms with Gasteiger partial charge < -0.3 is 0 Å². The standard InChI is InChI=1S/C22H23Br3OS/c1-2-3-4-5-6-15-27-17-10-7-16(8-11-17)9-14-20(26)18-12-13-19(23)22(25)21(18)24/h7-14H,2-6,15H2,1H3/b14-9+. The van der Waals surface area contributed by atoms with Crippen molar-refractivity contribution in [3.05, 3.63) is 67.0 Å². The van der Waals surface area contributed by atoms with Crippen molar-refractivity contribution < 1.29 is 4.79 Å². The van der Waals surface area contributed by atoms with E-state index in [2.05, 4.69) is 79.0 Å². The Balaban J connectivity index is 1.88. The van der Waals surface area contributed by atoms with Gasteiger partial charge in [-0.05, 0) is 95.9 Å². The van der Waals surface area contributed by atoms with Crippen LogP contribution in [0.3, 0.4) is 0 Å². The molecule has 2 rings (SSSR count). The van der Waals surface area contributed by atoms with Gasteiger partial charge in [0.15, 0.2) is 5.78 Å². The molecule has 1 nitrogen and oxygen atoms in total. The molecule has 0 aromatic heterocycles. The summed E-state index contributed by atoms with van der Waals surface area (Å²) in [7, 11) is 0. The van der Waals surface area contributed by atoms with Gasteiger partial charge in [-0.25, -0.2) is 0 Å². The molecule has 0 bridgehead atoms. The van der Waals surface area contributed by atoms with E-state index in [1.54, 1.807) is 6.08 Å². The minimum Gasteiger partial charge on any atom is -0.289 e. The Morgan fingerprint density at radius 3 is 2.33 bits per heavy atom.